The van der Waals surface area contributed by atoms with E-state index in [1.165, 1.54) is 63.8 Å². The Balaban J connectivity index is 4.99. The van der Waals surface area contributed by atoms with Gasteiger partial charge in [-0.15, -0.1) is 0 Å². The third-order valence-electron chi connectivity index (χ3n) is 7.97. The Morgan fingerprint density at radius 2 is 1.32 bits per heavy atom. The average Bonchev–Trinajstić information content (AvgIpc) is 2.87. The van der Waals surface area contributed by atoms with E-state index in [0.29, 0.717) is 18.3 Å². The summed E-state index contributed by atoms with van der Waals surface area (Å²) in [5, 5.41) is 0. The summed E-state index contributed by atoms with van der Waals surface area (Å²) in [7, 11) is -5.64. The van der Waals surface area contributed by atoms with Gasteiger partial charge >= 0.3 is 212 Å². The molecule has 41 heavy (non-hydrogen) atoms. The molecule has 0 unspecified atom stereocenters. The Bertz CT molecular complexity index is 912. The molecule has 0 N–H and O–H groups in total. The van der Waals surface area contributed by atoms with Crippen molar-refractivity contribution in [1.82, 2.24) is 0 Å². The van der Waals surface area contributed by atoms with E-state index in [0.717, 1.165) is 24.8 Å². The summed E-state index contributed by atoms with van der Waals surface area (Å²) in [5.41, 5.74) is -2.94. The molecule has 0 bridgehead atoms. The monoisotopic (exact) mass is 712 g/mol. The van der Waals surface area contributed by atoms with Crippen LogP contribution in [-0.2, 0) is 14.3 Å². The Morgan fingerprint density at radius 1 is 0.854 bits per heavy atom. The predicted octanol–water partition coefficient (Wildman–Crippen LogP) is 11.8. The molecule has 1 atom stereocenters. The van der Waals surface area contributed by atoms with Crippen LogP contribution in [0.2, 0.25) is 13.3 Å². The van der Waals surface area contributed by atoms with Crippen molar-refractivity contribution in [3.8, 4) is 0 Å². The van der Waals surface area contributed by atoms with Crippen molar-refractivity contribution in [3.63, 3.8) is 0 Å². The fraction of sp³-hybridized carbons (Fsp3) is 0.758. The smallest absolute Gasteiger partial charge is 0.381 e. The minimum absolute atomic E-state index is 0.0204. The molecular formula is C33H59F3O3SSn. The summed E-state index contributed by atoms with van der Waals surface area (Å²) in [4.78, 5) is 0. The third-order valence-corrected chi connectivity index (χ3v) is 23.1. The van der Waals surface area contributed by atoms with Crippen molar-refractivity contribution in [3.05, 3.63) is 45.8 Å². The Hall–Kier alpha value is -0.701. The van der Waals surface area contributed by atoms with Gasteiger partial charge in [0, 0.05) is 6.42 Å². The molecule has 0 fully saturated rings. The van der Waals surface area contributed by atoms with Crippen LogP contribution in [-0.4, -0.2) is 32.3 Å². The van der Waals surface area contributed by atoms with Crippen LogP contribution in [0.5, 0.6) is 0 Å². The van der Waals surface area contributed by atoms with Crippen LogP contribution in [0.4, 0.5) is 13.2 Å². The van der Waals surface area contributed by atoms with Crippen molar-refractivity contribution in [2.75, 3.05) is 0 Å². The predicted molar refractivity (Wildman–Crippen MR) is 173 cm³/mol. The quantitative estimate of drug-likeness (QED) is 0.0348. The van der Waals surface area contributed by atoms with Gasteiger partial charge in [0.25, 0.3) is 0 Å². The topological polar surface area (TPSA) is 43.4 Å². The van der Waals surface area contributed by atoms with Crippen molar-refractivity contribution < 1.29 is 25.8 Å². The van der Waals surface area contributed by atoms with Gasteiger partial charge < -0.3 is 4.18 Å². The molecule has 0 aliphatic rings. The van der Waals surface area contributed by atoms with Gasteiger partial charge in [0.1, 0.15) is 5.76 Å². The number of halogens is 3. The van der Waals surface area contributed by atoms with E-state index in [1.54, 1.807) is 0 Å². The maximum atomic E-state index is 12.4. The molecule has 240 valence electrons. The molecule has 3 nitrogen and oxygen atoms in total. The van der Waals surface area contributed by atoms with Gasteiger partial charge in [-0.3, -0.25) is 0 Å². The van der Waals surface area contributed by atoms with Crippen LogP contribution in [0.25, 0.3) is 0 Å². The van der Waals surface area contributed by atoms with Gasteiger partial charge in [-0.25, -0.2) is 0 Å². The molecule has 0 spiro atoms. The normalized spacial score (nSPS) is 14.7. The van der Waals surface area contributed by atoms with Crippen molar-refractivity contribution in [2.45, 2.75) is 144 Å². The SMILES string of the molecule is C=C(CC/C=C(\C)CC/C=C(\C)CC[C@H](/C=[CH]/[Sn]([CH2]CCC)([CH2]CCC)[CH2]CCC)C(C)C)OS(=O)(=O)C(F)(F)F. The van der Waals surface area contributed by atoms with E-state index in [-0.39, 0.29) is 6.42 Å². The van der Waals surface area contributed by atoms with Crippen molar-refractivity contribution in [2.24, 2.45) is 11.8 Å². The van der Waals surface area contributed by atoms with Gasteiger partial charge in [-0.05, 0) is 0 Å². The second kappa shape index (κ2) is 21.1. The molecule has 0 aromatic rings. The zero-order chi connectivity index (χ0) is 31.5. The first kappa shape index (κ1) is 40.3. The number of allylic oxidation sites excluding steroid dienone is 6. The van der Waals surface area contributed by atoms with Gasteiger partial charge in [0.15, 0.2) is 0 Å². The second-order valence-electron chi connectivity index (χ2n) is 12.2. The molecular weight excluding hydrogens is 652 g/mol. The molecule has 0 heterocycles. The van der Waals surface area contributed by atoms with Gasteiger partial charge in [0.05, 0.1) is 0 Å². The second-order valence-corrected chi connectivity index (χ2v) is 26.7. The molecule has 0 amide bonds. The fourth-order valence-electron chi connectivity index (χ4n) is 5.06. The molecule has 0 aromatic heterocycles. The van der Waals surface area contributed by atoms with E-state index in [1.807, 2.05) is 13.0 Å². The van der Waals surface area contributed by atoms with Crippen LogP contribution in [0.1, 0.15) is 126 Å². The number of hydrogen-bond acceptors (Lipinski definition) is 3. The number of hydrogen-bond donors (Lipinski definition) is 0. The van der Waals surface area contributed by atoms with E-state index in [9.17, 15) is 21.6 Å². The van der Waals surface area contributed by atoms with Gasteiger partial charge in [0.2, 0.25) is 0 Å². The fourth-order valence-corrected chi connectivity index (χ4v) is 20.0. The molecule has 0 aromatic carbocycles. The summed E-state index contributed by atoms with van der Waals surface area (Å²) in [5.74, 6) is 0.831. The summed E-state index contributed by atoms with van der Waals surface area (Å²) in [6, 6.07) is 0. The summed E-state index contributed by atoms with van der Waals surface area (Å²) >= 11 is -2.28. The van der Waals surface area contributed by atoms with Crippen LogP contribution in [0.15, 0.2) is 45.8 Å². The first-order valence-corrected chi connectivity index (χ1v) is 24.9. The van der Waals surface area contributed by atoms with Crippen molar-refractivity contribution >= 4 is 28.5 Å². The van der Waals surface area contributed by atoms with E-state index < -0.39 is 39.8 Å². The van der Waals surface area contributed by atoms with Crippen LogP contribution in [0.3, 0.4) is 0 Å². The molecule has 0 rings (SSSR count). The van der Waals surface area contributed by atoms with Crippen molar-refractivity contribution in [1.29, 1.82) is 0 Å². The first-order valence-electron chi connectivity index (χ1n) is 15.8. The molecule has 0 aliphatic heterocycles. The molecule has 8 heteroatoms. The Kier molecular flexibility index (Phi) is 20.7. The summed E-state index contributed by atoms with van der Waals surface area (Å²) in [6.45, 7) is 19.2. The van der Waals surface area contributed by atoms with E-state index in [4.69, 9.17) is 0 Å². The van der Waals surface area contributed by atoms with E-state index in [2.05, 4.69) is 68.5 Å². The van der Waals surface area contributed by atoms with Crippen LogP contribution in [0, 0.1) is 11.8 Å². The molecule has 0 saturated carbocycles. The standard InChI is InChI=1S/C21H32F3O3S.3C4H9.Sn/c1-7-20(16(2)3)15-14-18(5)11-8-10-17(4)12-9-13-19(6)27-28(25,26)21(22,23)24;3*1-3-4-2;/h1,7,11-12,16,20H,6,8-10,13-15H2,2-5H3;3*1,3-4H2,2H3;/b7-1?,17-12+,18-11+;;;;/t20-;;;;/m0..../s1. The minimum Gasteiger partial charge on any atom is -0.381 e. The van der Waals surface area contributed by atoms with Gasteiger partial charge in [-0.1, -0.05) is 6.58 Å². The van der Waals surface area contributed by atoms with Crippen LogP contribution < -0.4 is 0 Å². The zero-order valence-corrected chi connectivity index (χ0v) is 30.7. The maximum absolute atomic E-state index is 12.4. The molecule has 0 saturated heterocycles. The third kappa shape index (κ3) is 17.9. The Morgan fingerprint density at radius 3 is 1.76 bits per heavy atom. The molecule has 0 radical (unpaired) electrons. The minimum atomic E-state index is -5.64. The number of rotatable bonds is 23. The summed E-state index contributed by atoms with van der Waals surface area (Å²) < 4.78 is 70.8. The number of unbranched alkanes of at least 4 members (excludes halogenated alkanes) is 3. The Labute approximate surface area is 255 Å². The van der Waals surface area contributed by atoms with E-state index >= 15 is 0 Å². The summed E-state index contributed by atoms with van der Waals surface area (Å²) in [6.07, 6.45) is 19.3. The molecule has 0 aliphatic carbocycles. The zero-order valence-electron chi connectivity index (χ0n) is 27.0. The number of alkyl halides is 3. The maximum Gasteiger partial charge on any atom is 0.534 e. The van der Waals surface area contributed by atoms with Gasteiger partial charge in [-0.2, -0.15) is 21.6 Å². The first-order chi connectivity index (χ1) is 19.1. The largest absolute Gasteiger partial charge is 0.534 e. The average molecular weight is 712 g/mol. The van der Waals surface area contributed by atoms with Crippen LogP contribution >= 0.6 is 0 Å².